The number of methoxy groups -OCH3 is 1. The number of hydrogen-bond donors (Lipinski definition) is 0. The van der Waals surface area contributed by atoms with Gasteiger partial charge in [-0.05, 0) is 18.2 Å². The van der Waals surface area contributed by atoms with Gasteiger partial charge >= 0.3 is 0 Å². The van der Waals surface area contributed by atoms with Crippen molar-refractivity contribution in [3.8, 4) is 5.88 Å². The molecule has 0 fully saturated rings. The number of aromatic nitrogens is 2. The molecule has 0 aliphatic rings. The maximum absolute atomic E-state index is 11.3. The zero-order valence-electron chi connectivity index (χ0n) is 8.32. The molecule has 5 heteroatoms. The van der Waals surface area contributed by atoms with Gasteiger partial charge in [0.05, 0.1) is 18.0 Å². The van der Waals surface area contributed by atoms with Gasteiger partial charge in [-0.25, -0.2) is 0 Å². The van der Waals surface area contributed by atoms with Gasteiger partial charge in [-0.3, -0.25) is 4.79 Å². The predicted octanol–water partition coefficient (Wildman–Crippen LogP) is 2.36. The van der Waals surface area contributed by atoms with E-state index in [9.17, 15) is 4.79 Å². The van der Waals surface area contributed by atoms with E-state index < -0.39 is 0 Å². The second-order valence-electron chi connectivity index (χ2n) is 3.10. The molecule has 0 spiro atoms. The van der Waals surface area contributed by atoms with Crippen LogP contribution in [-0.4, -0.2) is 22.8 Å². The highest BCUT2D eigenvalue weighted by molar-refractivity contribution is 6.31. The fourth-order valence-electron chi connectivity index (χ4n) is 1.45. The van der Waals surface area contributed by atoms with Crippen molar-refractivity contribution >= 4 is 28.4 Å². The van der Waals surface area contributed by atoms with E-state index in [-0.39, 0.29) is 5.91 Å². The van der Waals surface area contributed by atoms with Crippen LogP contribution in [0.1, 0.15) is 11.7 Å². The van der Waals surface area contributed by atoms with Gasteiger partial charge in [-0.2, -0.15) is 4.68 Å². The lowest BCUT2D eigenvalue weighted by atomic mass is 10.2. The molecule has 1 aromatic heterocycles. The molecule has 0 N–H and O–H groups in total. The average Bonchev–Trinajstić information content (AvgIpc) is 2.55. The number of rotatable bonds is 1. The molecule has 1 heterocycles. The number of ether oxygens (including phenoxy) is 1. The third-order valence-corrected chi connectivity index (χ3v) is 2.33. The Hall–Kier alpha value is -1.55. The monoisotopic (exact) mass is 224 g/mol. The maximum atomic E-state index is 11.3. The molecule has 0 saturated heterocycles. The minimum Gasteiger partial charge on any atom is -0.479 e. The summed E-state index contributed by atoms with van der Waals surface area (Å²) in [6.07, 6.45) is 0. The molecule has 78 valence electrons. The van der Waals surface area contributed by atoms with Crippen LogP contribution in [0.4, 0.5) is 0 Å². The highest BCUT2D eigenvalue weighted by atomic mass is 35.5. The molecular formula is C10H9ClN2O2. The predicted molar refractivity (Wildman–Crippen MR) is 57.6 cm³/mol. The third kappa shape index (κ3) is 1.57. The molecule has 15 heavy (non-hydrogen) atoms. The molecule has 0 atom stereocenters. The highest BCUT2D eigenvalue weighted by Crippen LogP contribution is 2.27. The minimum atomic E-state index is -0.161. The lowest BCUT2D eigenvalue weighted by Crippen LogP contribution is -2.06. The average molecular weight is 225 g/mol. The number of carbonyl (C=O) groups excluding carboxylic acids is 1. The Morgan fingerprint density at radius 3 is 2.87 bits per heavy atom. The third-order valence-electron chi connectivity index (χ3n) is 2.10. The maximum Gasteiger partial charge on any atom is 0.244 e. The summed E-state index contributed by atoms with van der Waals surface area (Å²) in [4.78, 5) is 11.3. The smallest absolute Gasteiger partial charge is 0.244 e. The van der Waals surface area contributed by atoms with Crippen molar-refractivity contribution in [3.63, 3.8) is 0 Å². The van der Waals surface area contributed by atoms with E-state index in [2.05, 4.69) is 5.10 Å². The van der Waals surface area contributed by atoms with Crippen molar-refractivity contribution in [3.05, 3.63) is 23.2 Å². The van der Waals surface area contributed by atoms with E-state index in [1.807, 2.05) is 0 Å². The van der Waals surface area contributed by atoms with Gasteiger partial charge < -0.3 is 4.74 Å². The lowest BCUT2D eigenvalue weighted by molar-refractivity contribution is 0.0925. The molecule has 2 aromatic rings. The summed E-state index contributed by atoms with van der Waals surface area (Å²) in [5, 5.41) is 5.36. The number of halogens is 1. The van der Waals surface area contributed by atoms with Crippen molar-refractivity contribution in [2.75, 3.05) is 7.11 Å². The van der Waals surface area contributed by atoms with E-state index in [0.29, 0.717) is 16.4 Å². The summed E-state index contributed by atoms with van der Waals surface area (Å²) in [6, 6.07) is 5.18. The molecule has 0 aliphatic heterocycles. The second kappa shape index (κ2) is 3.55. The largest absolute Gasteiger partial charge is 0.479 e. The van der Waals surface area contributed by atoms with E-state index in [1.54, 1.807) is 18.2 Å². The molecule has 0 bridgehead atoms. The molecule has 0 saturated carbocycles. The Morgan fingerprint density at radius 2 is 2.27 bits per heavy atom. The van der Waals surface area contributed by atoms with Crippen LogP contribution in [0.2, 0.25) is 5.02 Å². The van der Waals surface area contributed by atoms with Crippen LogP contribution in [0, 0.1) is 0 Å². The Balaban J connectivity index is 2.81. The molecule has 0 unspecified atom stereocenters. The normalized spacial score (nSPS) is 10.6. The standard InChI is InChI=1S/C10H9ClN2O2/c1-6(14)13-9-4-3-7(11)5-8(9)10(12-13)15-2/h3-5H,1-2H3. The summed E-state index contributed by atoms with van der Waals surface area (Å²) in [5.41, 5.74) is 0.698. The van der Waals surface area contributed by atoms with Crippen molar-refractivity contribution in [1.82, 2.24) is 9.78 Å². The number of fused-ring (bicyclic) bond motifs is 1. The van der Waals surface area contributed by atoms with Crippen LogP contribution in [0.25, 0.3) is 10.9 Å². The Kier molecular flexibility index (Phi) is 2.36. The van der Waals surface area contributed by atoms with Crippen molar-refractivity contribution in [1.29, 1.82) is 0 Å². The van der Waals surface area contributed by atoms with E-state index in [1.165, 1.54) is 18.7 Å². The van der Waals surface area contributed by atoms with Crippen molar-refractivity contribution in [2.45, 2.75) is 6.92 Å². The zero-order valence-corrected chi connectivity index (χ0v) is 9.08. The van der Waals surface area contributed by atoms with E-state index >= 15 is 0 Å². The minimum absolute atomic E-state index is 0.161. The molecular weight excluding hydrogens is 216 g/mol. The highest BCUT2D eigenvalue weighted by Gasteiger charge is 2.13. The second-order valence-corrected chi connectivity index (χ2v) is 3.54. The van der Waals surface area contributed by atoms with Gasteiger partial charge in [0.1, 0.15) is 0 Å². The summed E-state index contributed by atoms with van der Waals surface area (Å²) in [7, 11) is 1.51. The Labute approximate surface area is 91.4 Å². The van der Waals surface area contributed by atoms with Gasteiger partial charge in [0.15, 0.2) is 0 Å². The SMILES string of the molecule is COc1nn(C(C)=O)c2ccc(Cl)cc12. The zero-order chi connectivity index (χ0) is 11.0. The van der Waals surface area contributed by atoms with Crippen LogP contribution < -0.4 is 4.74 Å². The van der Waals surface area contributed by atoms with Gasteiger partial charge in [0.2, 0.25) is 11.8 Å². The first-order chi connectivity index (χ1) is 7.13. The summed E-state index contributed by atoms with van der Waals surface area (Å²) in [6.45, 7) is 1.44. The Bertz CT molecular complexity index is 533. The summed E-state index contributed by atoms with van der Waals surface area (Å²) < 4.78 is 6.37. The topological polar surface area (TPSA) is 44.1 Å². The van der Waals surface area contributed by atoms with Crippen LogP contribution in [-0.2, 0) is 0 Å². The number of carbonyl (C=O) groups is 1. The first-order valence-corrected chi connectivity index (χ1v) is 4.74. The summed E-state index contributed by atoms with van der Waals surface area (Å²) >= 11 is 5.86. The van der Waals surface area contributed by atoms with Gasteiger partial charge in [-0.15, -0.1) is 5.10 Å². The van der Waals surface area contributed by atoms with Crippen LogP contribution in [0.15, 0.2) is 18.2 Å². The van der Waals surface area contributed by atoms with Crippen LogP contribution in [0.3, 0.4) is 0 Å². The molecule has 0 amide bonds. The first kappa shape index (κ1) is 9.98. The molecule has 2 rings (SSSR count). The van der Waals surface area contributed by atoms with Gasteiger partial charge in [-0.1, -0.05) is 11.6 Å². The molecule has 4 nitrogen and oxygen atoms in total. The number of hydrogen-bond acceptors (Lipinski definition) is 3. The molecule has 1 aromatic carbocycles. The quantitative estimate of drug-likeness (QED) is 0.747. The van der Waals surface area contributed by atoms with E-state index in [0.717, 1.165) is 5.39 Å². The van der Waals surface area contributed by atoms with Crippen molar-refractivity contribution in [2.24, 2.45) is 0 Å². The Morgan fingerprint density at radius 1 is 1.53 bits per heavy atom. The number of nitrogens with zero attached hydrogens (tertiary/aromatic N) is 2. The van der Waals surface area contributed by atoms with Crippen LogP contribution in [0.5, 0.6) is 5.88 Å². The van der Waals surface area contributed by atoms with Gasteiger partial charge in [0.25, 0.3) is 0 Å². The fourth-order valence-corrected chi connectivity index (χ4v) is 1.63. The van der Waals surface area contributed by atoms with E-state index in [4.69, 9.17) is 16.3 Å². The molecule has 0 radical (unpaired) electrons. The van der Waals surface area contributed by atoms with Gasteiger partial charge in [0, 0.05) is 11.9 Å². The lowest BCUT2D eigenvalue weighted by Gasteiger charge is -1.95. The molecule has 0 aliphatic carbocycles. The fraction of sp³-hybridized carbons (Fsp3) is 0.200. The summed E-state index contributed by atoms with van der Waals surface area (Å²) in [5.74, 6) is 0.244. The van der Waals surface area contributed by atoms with Crippen molar-refractivity contribution < 1.29 is 9.53 Å². The first-order valence-electron chi connectivity index (χ1n) is 4.36. The van der Waals surface area contributed by atoms with Crippen LogP contribution >= 0.6 is 11.6 Å². The number of benzene rings is 1.